The van der Waals surface area contributed by atoms with Gasteiger partial charge in [0.15, 0.2) is 25.3 Å². The minimum atomic E-state index is -1.67. The van der Waals surface area contributed by atoms with Gasteiger partial charge in [0.05, 0.1) is 85.6 Å². The smallest absolute Gasteiger partial charge is 0.496 e. The van der Waals surface area contributed by atoms with Crippen LogP contribution in [0.3, 0.4) is 0 Å². The minimum absolute atomic E-state index is 0. The number of thiophene rings is 2. The Bertz CT molecular complexity index is 3460. The molecule has 0 radical (unpaired) electrons. The second kappa shape index (κ2) is 26.6. The molecular formula is C58H73LiN12O8S2Si2. The molecule has 1 unspecified atom stereocenters. The average Bonchev–Trinajstić information content (AvgIpc) is 2.59. The number of amidine groups is 1. The Morgan fingerprint density at radius 1 is 0.807 bits per heavy atom. The number of benzene rings is 2. The summed E-state index contributed by atoms with van der Waals surface area (Å²) in [6.45, 7) is 30.1. The third-order valence-corrected chi connectivity index (χ3v) is 18.0. The standard InChI is InChI=1S/C27H32N6O4SSi.C23H22N4O4S.C4H10N2Si.C4H9.Li/c1-27(2)15-36-9-8-32(27)25(34)22-19-13-37-21-12-20(35-3)18(24-28-26(30-29-24)39(4,5)6)11-17(21)23(19)33(31-22)16-7-10-38-14-16;1-23(2)13-30-6-5-26(23)22(28)20-17-11-31-19-9-18(29-3)14(10-24)8-16(19)21(17)27(25-20)15-4-7-32-12-15;1-7(2,3)4-6-5;1-3-4-2;/h7,10-12,14,26H,8-9,13,15H2,1-6H3;4,7-9,12H,5-6,11,13H2,1-3H3;4H,1-3H3;1,3-4H2,2H3;/q;;;-1;+1. The fourth-order valence-corrected chi connectivity index (χ4v) is 12.0. The Morgan fingerprint density at radius 3 is 1.66 bits per heavy atom. The number of carbonyl (C=O) groups excluding carboxylic acids is 2. The quantitative estimate of drug-likeness (QED) is 0.0415. The largest absolute Gasteiger partial charge is 1.00 e. The molecular weight excluding hydrogens is 1120 g/mol. The summed E-state index contributed by atoms with van der Waals surface area (Å²) in [7, 11) is 0.273. The van der Waals surface area contributed by atoms with Crippen molar-refractivity contribution >= 4 is 62.3 Å². The van der Waals surface area contributed by atoms with Crippen LogP contribution in [0.5, 0.6) is 23.0 Å². The summed E-state index contributed by atoms with van der Waals surface area (Å²) in [6, 6.07) is 13.4. The van der Waals surface area contributed by atoms with Crippen molar-refractivity contribution in [2.45, 2.75) is 117 Å². The number of fused-ring (bicyclic) bond motifs is 6. The maximum absolute atomic E-state index is 14.0. The van der Waals surface area contributed by atoms with E-state index in [0.717, 1.165) is 45.9 Å². The maximum Gasteiger partial charge on any atom is 1.00 e. The fraction of sp³-hybridized carbons (Fsp3) is 0.448. The van der Waals surface area contributed by atoms with Crippen LogP contribution in [-0.2, 0) is 22.7 Å². The molecule has 434 valence electrons. The molecule has 83 heavy (non-hydrogen) atoms. The molecule has 25 heteroatoms. The van der Waals surface area contributed by atoms with Gasteiger partial charge in [-0.05, 0) is 62.7 Å². The molecule has 2 saturated heterocycles. The molecule has 4 aromatic heterocycles. The second-order valence-corrected chi connectivity index (χ2v) is 35.2. The van der Waals surface area contributed by atoms with Gasteiger partial charge in [0.1, 0.15) is 56.1 Å². The summed E-state index contributed by atoms with van der Waals surface area (Å²) < 4.78 is 38.2. The van der Waals surface area contributed by atoms with E-state index in [1.165, 1.54) is 13.5 Å². The van der Waals surface area contributed by atoms with Gasteiger partial charge < -0.3 is 50.7 Å². The number of nitrogens with zero attached hydrogens (tertiary/aromatic N) is 12. The molecule has 11 rings (SSSR count). The Labute approximate surface area is 508 Å². The molecule has 20 nitrogen and oxygen atoms in total. The molecule has 5 aliphatic rings. The number of carbonyl (C=O) groups is 2. The van der Waals surface area contributed by atoms with Gasteiger partial charge in [0.2, 0.25) is 5.84 Å². The first-order valence-corrected chi connectivity index (χ1v) is 36.2. The number of hydrogen-bond acceptors (Lipinski definition) is 16. The predicted molar refractivity (Wildman–Crippen MR) is 324 cm³/mol. The Hall–Kier alpha value is -6.51. The van der Waals surface area contributed by atoms with Gasteiger partial charge in [0, 0.05) is 58.2 Å². The van der Waals surface area contributed by atoms with E-state index in [4.69, 9.17) is 49.1 Å². The van der Waals surface area contributed by atoms with Crippen LogP contribution in [0.15, 0.2) is 73.1 Å². The first-order chi connectivity index (χ1) is 39.0. The predicted octanol–water partition coefficient (Wildman–Crippen LogP) is 8.58. The number of hydrogen-bond donors (Lipinski definition) is 0. The average molecular weight is 1190 g/mol. The van der Waals surface area contributed by atoms with Crippen LogP contribution in [-0.4, -0.2) is 144 Å². The van der Waals surface area contributed by atoms with Crippen LogP contribution >= 0.6 is 22.7 Å². The first kappa shape index (κ1) is 64.1. The van der Waals surface area contributed by atoms with Gasteiger partial charge >= 0.3 is 18.9 Å². The molecule has 2 fully saturated rings. The van der Waals surface area contributed by atoms with Crippen LogP contribution in [0.2, 0.25) is 39.3 Å². The molecule has 9 heterocycles. The van der Waals surface area contributed by atoms with E-state index in [1.54, 1.807) is 52.4 Å². The SMILES string of the molecule is COc1cc2c(cc1C#N)-c1c(c(C(=O)N3CCOCC3(C)C)nn1-c1ccsc1)CO2.COc1cc2c(cc1C1=NC([Si](C)(C)C)N=N1)-c1c(c(C(=O)N3CCOCC3(C)C)nn1-c1ccsc1)CO2.C[Si](C)(C)C=[N+]=[N-].[CH2-]CCC.[Li+]. The third-order valence-electron chi connectivity index (χ3n) is 14.0. The van der Waals surface area contributed by atoms with Gasteiger partial charge in [0.25, 0.3) is 11.8 Å². The molecule has 6 aromatic rings. The van der Waals surface area contributed by atoms with Crippen LogP contribution < -0.4 is 37.8 Å². The molecule has 1 atom stereocenters. The summed E-state index contributed by atoms with van der Waals surface area (Å²) in [5, 5.41) is 36.2. The van der Waals surface area contributed by atoms with Crippen LogP contribution in [0.4, 0.5) is 0 Å². The van der Waals surface area contributed by atoms with E-state index in [9.17, 15) is 14.9 Å². The zero-order chi connectivity index (χ0) is 59.3. The number of azo groups is 1. The van der Waals surface area contributed by atoms with E-state index in [2.05, 4.69) is 74.2 Å². The summed E-state index contributed by atoms with van der Waals surface area (Å²) in [4.78, 5) is 39.1. The monoisotopic (exact) mass is 1190 g/mol. The van der Waals surface area contributed by atoms with E-state index in [-0.39, 0.29) is 49.7 Å². The maximum atomic E-state index is 14.0. The first-order valence-electron chi connectivity index (χ1n) is 27.2. The van der Waals surface area contributed by atoms with Gasteiger partial charge in [-0.15, -0.1) is 5.11 Å². The molecule has 5 aliphatic heterocycles. The third kappa shape index (κ3) is 13.9. The second-order valence-electron chi connectivity index (χ2n) is 23.4. The van der Waals surface area contributed by atoms with Crippen LogP contribution in [0.25, 0.3) is 39.4 Å². The number of methoxy groups -OCH3 is 2. The van der Waals surface area contributed by atoms with Crippen molar-refractivity contribution in [1.82, 2.24) is 29.4 Å². The number of aromatic nitrogens is 4. The Morgan fingerprint density at radius 2 is 1.29 bits per heavy atom. The molecule has 2 aromatic carbocycles. The molecule has 0 N–H and O–H groups in total. The minimum Gasteiger partial charge on any atom is -0.496 e. The van der Waals surface area contributed by atoms with E-state index >= 15 is 0 Å². The number of aliphatic imine (C=N–C) groups is 1. The molecule has 0 aliphatic carbocycles. The van der Waals surface area contributed by atoms with Crippen molar-refractivity contribution < 1.29 is 61.7 Å². The van der Waals surface area contributed by atoms with Crippen molar-refractivity contribution in [3.63, 3.8) is 0 Å². The summed E-state index contributed by atoms with van der Waals surface area (Å²) >= 11 is 3.13. The summed E-state index contributed by atoms with van der Waals surface area (Å²) in [5.74, 6) is 4.07. The van der Waals surface area contributed by atoms with E-state index in [0.29, 0.717) is 96.4 Å². The zero-order valence-electron chi connectivity index (χ0n) is 50.2. The van der Waals surface area contributed by atoms with Crippen molar-refractivity contribution in [3.05, 3.63) is 104 Å². The summed E-state index contributed by atoms with van der Waals surface area (Å²) in [6.07, 6.45) is 2.28. The van der Waals surface area contributed by atoms with Crippen molar-refractivity contribution in [2.75, 3.05) is 53.7 Å². The van der Waals surface area contributed by atoms with Gasteiger partial charge in [-0.25, -0.2) is 14.4 Å². The molecule has 0 bridgehead atoms. The van der Waals surface area contributed by atoms with Crippen LogP contribution in [0, 0.1) is 18.3 Å². The van der Waals surface area contributed by atoms with E-state index < -0.39 is 27.2 Å². The normalized spacial score (nSPS) is 16.9. The van der Waals surface area contributed by atoms with Crippen molar-refractivity contribution in [3.8, 4) is 63.0 Å². The van der Waals surface area contributed by atoms with Gasteiger partial charge in [-0.3, -0.25) is 9.59 Å². The zero-order valence-corrected chi connectivity index (χ0v) is 53.8. The molecule has 0 spiro atoms. The van der Waals surface area contributed by atoms with Gasteiger partial charge in [-0.2, -0.15) is 54.5 Å². The van der Waals surface area contributed by atoms with Crippen LogP contribution in [0.1, 0.15) is 90.7 Å². The number of amides is 2. The Balaban J connectivity index is 0.000000203. The number of unbranched alkanes of at least 4 members (excludes halogenated alkanes) is 1. The van der Waals surface area contributed by atoms with Crippen molar-refractivity contribution in [2.24, 2.45) is 15.2 Å². The summed E-state index contributed by atoms with van der Waals surface area (Å²) in [5.41, 5.74) is 15.3. The fourth-order valence-electron chi connectivity index (χ4n) is 9.50. The number of morpholine rings is 2. The number of ether oxygens (including phenoxy) is 6. The number of rotatable bonds is 10. The number of nitriles is 1. The topological polar surface area (TPSA) is 229 Å². The molecule has 2 amide bonds. The van der Waals surface area contributed by atoms with E-state index in [1.807, 2.05) is 88.0 Å². The molecule has 0 saturated carbocycles. The van der Waals surface area contributed by atoms with Crippen molar-refractivity contribution in [1.29, 1.82) is 5.26 Å². The van der Waals surface area contributed by atoms with Gasteiger partial charge in [-0.1, -0.05) is 52.6 Å². The Kier molecular flexibility index (Phi) is 20.5.